The first-order chi connectivity index (χ1) is 13.4. The maximum atomic E-state index is 11.2. The van der Waals surface area contributed by atoms with Crippen molar-refractivity contribution in [2.24, 2.45) is 0 Å². The Kier molecular flexibility index (Phi) is 25.6. The maximum Gasteiger partial charge on any atom is 1.00 e. The van der Waals surface area contributed by atoms with Crippen LogP contribution in [0.15, 0.2) is 0 Å². The van der Waals surface area contributed by atoms with Crippen LogP contribution in [0, 0.1) is 0 Å². The van der Waals surface area contributed by atoms with E-state index < -0.39 is 15.4 Å². The van der Waals surface area contributed by atoms with Crippen LogP contribution >= 0.6 is 0 Å². The molecule has 170 valence electrons. The summed E-state index contributed by atoms with van der Waals surface area (Å²) in [6, 6.07) is 0. The summed E-state index contributed by atoms with van der Waals surface area (Å²) in [5.74, 6) is 0. The quantitative estimate of drug-likeness (QED) is 0.162. The minimum atomic E-state index is -4.12. The Labute approximate surface area is 224 Å². The second-order valence-corrected chi connectivity index (χ2v) is 10.2. The van der Waals surface area contributed by atoms with Crippen molar-refractivity contribution in [1.29, 1.82) is 0 Å². The summed E-state index contributed by atoms with van der Waals surface area (Å²) < 4.78 is 33.5. The normalized spacial score (nSPS) is 13.8. The molecule has 0 amide bonds. The average molecular weight is 459 g/mol. The first-order valence-electron chi connectivity index (χ1n) is 12.0. The molecule has 4 nitrogen and oxygen atoms in total. The van der Waals surface area contributed by atoms with E-state index in [-0.39, 0.29) is 57.5 Å². The van der Waals surface area contributed by atoms with Crippen LogP contribution in [0.25, 0.3) is 0 Å². The van der Waals surface area contributed by atoms with Crippen LogP contribution in [0.2, 0.25) is 0 Å². The molecule has 0 aliphatic rings. The van der Waals surface area contributed by atoms with Gasteiger partial charge >= 0.3 is 51.4 Å². The summed E-state index contributed by atoms with van der Waals surface area (Å²) >= 11 is 0. The number of hydrogen-bond donors (Lipinski definition) is 1. The SMILES string of the molecule is CCCCCC(O)CCCCCCCCCCCCCC(CCC)S(=O)(=O)[O-].[K+]. The Balaban J connectivity index is 0. The Morgan fingerprint density at radius 2 is 1.00 bits per heavy atom. The van der Waals surface area contributed by atoms with Gasteiger partial charge in [0, 0.05) is 5.25 Å². The van der Waals surface area contributed by atoms with E-state index in [4.69, 9.17) is 0 Å². The zero-order valence-electron chi connectivity index (χ0n) is 19.7. The summed E-state index contributed by atoms with van der Waals surface area (Å²) in [5.41, 5.74) is 0. The molecule has 6 heteroatoms. The zero-order valence-corrected chi connectivity index (χ0v) is 23.6. The molecule has 0 bridgehead atoms. The summed E-state index contributed by atoms with van der Waals surface area (Å²) in [5, 5.41) is 9.22. The second-order valence-electron chi connectivity index (χ2n) is 8.52. The number of hydrogen-bond acceptors (Lipinski definition) is 4. The molecule has 0 spiro atoms. The standard InChI is InChI=1S/C23H48O4S.K/c1-3-5-15-19-22(24)20-16-13-11-9-7-6-8-10-12-14-17-21-23(18-4-2)28(25,26)27;/h22-24H,3-21H2,1-2H3,(H,25,26,27);/q;+1/p-1. The van der Waals surface area contributed by atoms with Crippen molar-refractivity contribution in [2.45, 2.75) is 147 Å². The Morgan fingerprint density at radius 3 is 1.38 bits per heavy atom. The van der Waals surface area contributed by atoms with Gasteiger partial charge in [0.05, 0.1) is 16.2 Å². The van der Waals surface area contributed by atoms with Crippen molar-refractivity contribution in [1.82, 2.24) is 0 Å². The topological polar surface area (TPSA) is 77.4 Å². The second kappa shape index (κ2) is 22.7. The van der Waals surface area contributed by atoms with E-state index >= 15 is 0 Å². The number of rotatable bonds is 21. The molecule has 2 unspecified atom stereocenters. The molecule has 0 saturated heterocycles. The Morgan fingerprint density at radius 1 is 0.621 bits per heavy atom. The van der Waals surface area contributed by atoms with Gasteiger partial charge in [-0.1, -0.05) is 110 Å². The fraction of sp³-hybridized carbons (Fsp3) is 1.00. The van der Waals surface area contributed by atoms with E-state index in [1.54, 1.807) is 0 Å². The molecule has 0 rings (SSSR count). The first-order valence-corrected chi connectivity index (χ1v) is 13.5. The van der Waals surface area contributed by atoms with Crippen molar-refractivity contribution in [3.05, 3.63) is 0 Å². The molecular formula is C23H47KO4S. The largest absolute Gasteiger partial charge is 1.00 e. The van der Waals surface area contributed by atoms with Crippen molar-refractivity contribution in [3.63, 3.8) is 0 Å². The van der Waals surface area contributed by atoms with Gasteiger partial charge in [-0.25, -0.2) is 8.42 Å². The molecular weight excluding hydrogens is 411 g/mol. The molecule has 0 aromatic carbocycles. The van der Waals surface area contributed by atoms with Gasteiger partial charge in [-0.05, 0) is 25.7 Å². The van der Waals surface area contributed by atoms with Gasteiger partial charge in [0.1, 0.15) is 0 Å². The van der Waals surface area contributed by atoms with Crippen molar-refractivity contribution in [3.8, 4) is 0 Å². The van der Waals surface area contributed by atoms with Gasteiger partial charge in [0.25, 0.3) is 0 Å². The Hall–Kier alpha value is 1.51. The smallest absolute Gasteiger partial charge is 0.748 e. The van der Waals surface area contributed by atoms with Crippen molar-refractivity contribution < 1.29 is 69.5 Å². The third-order valence-corrected chi connectivity index (χ3v) is 7.01. The molecule has 29 heavy (non-hydrogen) atoms. The Bertz CT molecular complexity index is 429. The summed E-state index contributed by atoms with van der Waals surface area (Å²) in [6.45, 7) is 4.12. The zero-order chi connectivity index (χ0) is 21.1. The fourth-order valence-electron chi connectivity index (χ4n) is 3.87. The summed E-state index contributed by atoms with van der Waals surface area (Å²) in [4.78, 5) is 0. The fourth-order valence-corrected chi connectivity index (χ4v) is 4.85. The average Bonchev–Trinajstić information content (AvgIpc) is 2.64. The van der Waals surface area contributed by atoms with Crippen LogP contribution in [0.5, 0.6) is 0 Å². The van der Waals surface area contributed by atoms with Crippen LogP contribution < -0.4 is 51.4 Å². The predicted octanol–water partition coefficient (Wildman–Crippen LogP) is 3.72. The third kappa shape index (κ3) is 22.5. The van der Waals surface area contributed by atoms with Crippen LogP contribution in [0.4, 0.5) is 0 Å². The van der Waals surface area contributed by atoms with Crippen LogP contribution in [-0.2, 0) is 10.1 Å². The molecule has 0 fully saturated rings. The van der Waals surface area contributed by atoms with E-state index in [9.17, 15) is 18.1 Å². The molecule has 0 aromatic rings. The molecule has 2 atom stereocenters. The van der Waals surface area contributed by atoms with E-state index in [2.05, 4.69) is 6.92 Å². The maximum absolute atomic E-state index is 11.2. The van der Waals surface area contributed by atoms with Crippen LogP contribution in [0.1, 0.15) is 136 Å². The van der Waals surface area contributed by atoms with Gasteiger partial charge in [-0.3, -0.25) is 0 Å². The minimum Gasteiger partial charge on any atom is -0.748 e. The van der Waals surface area contributed by atoms with Crippen molar-refractivity contribution >= 4 is 10.1 Å². The van der Waals surface area contributed by atoms with Gasteiger partial charge in [0.2, 0.25) is 0 Å². The molecule has 1 N–H and O–H groups in total. The summed E-state index contributed by atoms with van der Waals surface area (Å²) in [7, 11) is -4.12. The van der Waals surface area contributed by atoms with Gasteiger partial charge in [-0.15, -0.1) is 0 Å². The molecule has 0 radical (unpaired) electrons. The van der Waals surface area contributed by atoms with Crippen molar-refractivity contribution in [2.75, 3.05) is 0 Å². The van der Waals surface area contributed by atoms with E-state index in [1.807, 2.05) is 6.92 Å². The molecule has 0 aromatic heterocycles. The molecule has 0 heterocycles. The number of aliphatic hydroxyl groups is 1. The number of unbranched alkanes of at least 4 members (excludes halogenated alkanes) is 12. The van der Waals surface area contributed by atoms with Gasteiger partial charge in [-0.2, -0.15) is 0 Å². The summed E-state index contributed by atoms with van der Waals surface area (Å²) in [6.07, 6.45) is 20.3. The van der Waals surface area contributed by atoms with E-state index in [0.29, 0.717) is 12.8 Å². The predicted molar refractivity (Wildman–Crippen MR) is 119 cm³/mol. The van der Waals surface area contributed by atoms with Gasteiger partial charge < -0.3 is 9.66 Å². The first kappa shape index (κ1) is 32.7. The van der Waals surface area contributed by atoms with E-state index in [0.717, 1.165) is 51.4 Å². The minimum absolute atomic E-state index is 0. The monoisotopic (exact) mass is 458 g/mol. The van der Waals surface area contributed by atoms with Crippen LogP contribution in [0.3, 0.4) is 0 Å². The molecule has 0 aliphatic heterocycles. The number of aliphatic hydroxyl groups excluding tert-OH is 1. The van der Waals surface area contributed by atoms with Crippen LogP contribution in [-0.4, -0.2) is 29.4 Å². The third-order valence-electron chi connectivity index (χ3n) is 5.72. The van der Waals surface area contributed by atoms with Gasteiger partial charge in [0.15, 0.2) is 0 Å². The molecule has 0 aliphatic carbocycles. The molecule has 0 saturated carbocycles. The van der Waals surface area contributed by atoms with E-state index in [1.165, 1.54) is 57.8 Å².